The van der Waals surface area contributed by atoms with E-state index in [0.29, 0.717) is 24.3 Å². The molecule has 1 aliphatic rings. The molecule has 0 aromatic heterocycles. The number of phenolic OH excluding ortho intramolecular Hbond substituents is 1. The van der Waals surface area contributed by atoms with Crippen LogP contribution in [0.5, 0.6) is 5.75 Å². The number of hydrogen-bond acceptors (Lipinski definition) is 5. The lowest BCUT2D eigenvalue weighted by Gasteiger charge is -2.12. The summed E-state index contributed by atoms with van der Waals surface area (Å²) in [7, 11) is 1.66. The number of benzene rings is 1. The maximum Gasteiger partial charge on any atom is 0.191 e. The molecule has 0 amide bonds. The Balaban J connectivity index is 2.06. The lowest BCUT2D eigenvalue weighted by Crippen LogP contribution is -2.18. The zero-order chi connectivity index (χ0) is 16.7. The van der Waals surface area contributed by atoms with E-state index < -0.39 is 0 Å². The summed E-state index contributed by atoms with van der Waals surface area (Å²) in [6.45, 7) is 5.84. The van der Waals surface area contributed by atoms with Crippen LogP contribution in [0, 0.1) is 6.92 Å². The van der Waals surface area contributed by atoms with E-state index in [4.69, 9.17) is 4.74 Å². The summed E-state index contributed by atoms with van der Waals surface area (Å²) in [5.41, 5.74) is 2.06. The second-order valence-corrected chi connectivity index (χ2v) is 5.90. The number of allylic oxidation sites excluding steroid dienone is 1. The molecule has 0 atom stereocenters. The number of likely N-dealkylation sites (tertiary alicyclic amines) is 1. The van der Waals surface area contributed by atoms with Gasteiger partial charge in [-0.05, 0) is 37.0 Å². The molecule has 5 nitrogen and oxygen atoms in total. The Hall–Kier alpha value is -1.85. The molecule has 126 valence electrons. The van der Waals surface area contributed by atoms with Gasteiger partial charge in [-0.2, -0.15) is 0 Å². The van der Waals surface area contributed by atoms with Crippen molar-refractivity contribution in [2.24, 2.45) is 0 Å². The zero-order valence-corrected chi connectivity index (χ0v) is 14.0. The minimum absolute atomic E-state index is 0.0710. The maximum atomic E-state index is 12.4. The summed E-state index contributed by atoms with van der Waals surface area (Å²) in [6, 6.07) is 3.66. The average molecular weight is 318 g/mol. The molecule has 1 saturated heterocycles. The van der Waals surface area contributed by atoms with E-state index in [1.807, 2.05) is 19.2 Å². The van der Waals surface area contributed by atoms with Crippen molar-refractivity contribution in [1.29, 1.82) is 0 Å². The highest BCUT2D eigenvalue weighted by molar-refractivity contribution is 6.06. The van der Waals surface area contributed by atoms with Crippen LogP contribution in [0.3, 0.4) is 0 Å². The highest BCUT2D eigenvalue weighted by Gasteiger charge is 2.14. The van der Waals surface area contributed by atoms with Gasteiger partial charge in [-0.3, -0.25) is 4.79 Å². The van der Waals surface area contributed by atoms with Crippen molar-refractivity contribution in [3.05, 3.63) is 41.1 Å². The molecule has 1 aliphatic heterocycles. The second kappa shape index (κ2) is 8.70. The first-order valence-corrected chi connectivity index (χ1v) is 8.10. The number of carbonyl (C=O) groups excluding carboxylic acids is 1. The van der Waals surface area contributed by atoms with Crippen LogP contribution >= 0.6 is 0 Å². The largest absolute Gasteiger partial charge is 0.507 e. The van der Waals surface area contributed by atoms with Crippen molar-refractivity contribution < 1.29 is 14.6 Å². The number of nitrogens with zero attached hydrogens (tertiary/aromatic N) is 1. The molecule has 23 heavy (non-hydrogen) atoms. The second-order valence-electron chi connectivity index (χ2n) is 5.90. The van der Waals surface area contributed by atoms with Gasteiger partial charge in [0.1, 0.15) is 5.75 Å². The summed E-state index contributed by atoms with van der Waals surface area (Å²) >= 11 is 0. The minimum atomic E-state index is -0.156. The molecule has 2 N–H and O–H groups in total. The van der Waals surface area contributed by atoms with Crippen LogP contribution < -0.4 is 5.32 Å². The van der Waals surface area contributed by atoms with Crippen molar-refractivity contribution in [1.82, 2.24) is 10.2 Å². The van der Waals surface area contributed by atoms with E-state index in [0.717, 1.165) is 25.2 Å². The minimum Gasteiger partial charge on any atom is -0.507 e. The summed E-state index contributed by atoms with van der Waals surface area (Å²) in [5.74, 6) is -0.0852. The molecule has 1 aromatic carbocycles. The van der Waals surface area contributed by atoms with Crippen molar-refractivity contribution in [2.75, 3.05) is 33.4 Å². The van der Waals surface area contributed by atoms with Gasteiger partial charge in [0.2, 0.25) is 0 Å². The lowest BCUT2D eigenvalue weighted by atomic mass is 10.0. The highest BCUT2D eigenvalue weighted by atomic mass is 16.5. The monoisotopic (exact) mass is 318 g/mol. The number of carbonyl (C=O) groups is 1. The topological polar surface area (TPSA) is 61.8 Å². The predicted molar refractivity (Wildman–Crippen MR) is 90.7 cm³/mol. The maximum absolute atomic E-state index is 12.4. The summed E-state index contributed by atoms with van der Waals surface area (Å²) < 4.78 is 4.99. The first-order chi connectivity index (χ1) is 11.1. The Kier molecular flexibility index (Phi) is 6.62. The number of ether oxygens (including phenoxy) is 1. The number of phenols is 1. The third-order valence-electron chi connectivity index (χ3n) is 4.02. The van der Waals surface area contributed by atoms with E-state index in [1.54, 1.807) is 19.3 Å². The number of ketones is 1. The van der Waals surface area contributed by atoms with Crippen molar-refractivity contribution in [3.63, 3.8) is 0 Å². The standard InChI is InChI=1S/C18H26N2O3/c1-14-11-15(13-19-6-10-23-2)12-16(18(14)22)17(21)5-9-20-7-3-4-8-20/h5,9,11-12,19,22H,3-4,6-8,10,13H2,1-2H3. The molecule has 2 rings (SSSR count). The van der Waals surface area contributed by atoms with Gasteiger partial charge in [-0.15, -0.1) is 0 Å². The van der Waals surface area contributed by atoms with E-state index in [2.05, 4.69) is 10.2 Å². The van der Waals surface area contributed by atoms with E-state index in [-0.39, 0.29) is 11.5 Å². The highest BCUT2D eigenvalue weighted by Crippen LogP contribution is 2.25. The number of aromatic hydroxyl groups is 1. The molecular weight excluding hydrogens is 292 g/mol. The fraction of sp³-hybridized carbons (Fsp3) is 0.500. The Bertz CT molecular complexity index is 564. The van der Waals surface area contributed by atoms with Gasteiger partial charge in [0, 0.05) is 45.6 Å². The van der Waals surface area contributed by atoms with Gasteiger partial charge in [0.15, 0.2) is 5.78 Å². The predicted octanol–water partition coefficient (Wildman–Crippen LogP) is 2.23. The molecule has 1 aromatic rings. The van der Waals surface area contributed by atoms with Gasteiger partial charge in [0.05, 0.1) is 12.2 Å². The number of aryl methyl sites for hydroxylation is 1. The molecule has 0 unspecified atom stereocenters. The Morgan fingerprint density at radius 1 is 1.39 bits per heavy atom. The molecule has 0 radical (unpaired) electrons. The van der Waals surface area contributed by atoms with Crippen LogP contribution in [0.4, 0.5) is 0 Å². The van der Waals surface area contributed by atoms with Crippen LogP contribution in [-0.4, -0.2) is 49.1 Å². The zero-order valence-electron chi connectivity index (χ0n) is 14.0. The third kappa shape index (κ3) is 5.08. The molecule has 0 aliphatic carbocycles. The van der Waals surface area contributed by atoms with Gasteiger partial charge in [0.25, 0.3) is 0 Å². The van der Waals surface area contributed by atoms with E-state index in [9.17, 15) is 9.90 Å². The number of rotatable bonds is 8. The van der Waals surface area contributed by atoms with Gasteiger partial charge in [-0.1, -0.05) is 6.07 Å². The van der Waals surface area contributed by atoms with E-state index in [1.165, 1.54) is 12.8 Å². The SMILES string of the molecule is COCCNCc1cc(C)c(O)c(C(=O)C=CN2CCCC2)c1. The van der Waals surface area contributed by atoms with Crippen molar-refractivity contribution >= 4 is 5.78 Å². The fourth-order valence-corrected chi connectivity index (χ4v) is 2.70. The molecular formula is C18H26N2O3. The van der Waals surface area contributed by atoms with Gasteiger partial charge >= 0.3 is 0 Å². The molecule has 0 spiro atoms. The smallest absolute Gasteiger partial charge is 0.191 e. The van der Waals surface area contributed by atoms with E-state index >= 15 is 0 Å². The molecule has 0 saturated carbocycles. The third-order valence-corrected chi connectivity index (χ3v) is 4.02. The average Bonchev–Trinajstić information content (AvgIpc) is 3.06. The number of hydrogen-bond donors (Lipinski definition) is 2. The summed E-state index contributed by atoms with van der Waals surface area (Å²) in [6.07, 6.45) is 5.74. The Labute approximate surface area is 137 Å². The molecule has 5 heteroatoms. The first kappa shape index (κ1) is 17.5. The lowest BCUT2D eigenvalue weighted by molar-refractivity contribution is 0.104. The Morgan fingerprint density at radius 3 is 2.83 bits per heavy atom. The number of methoxy groups -OCH3 is 1. The van der Waals surface area contributed by atoms with Gasteiger partial charge in [-0.25, -0.2) is 0 Å². The molecule has 1 fully saturated rings. The van der Waals surface area contributed by atoms with Crippen LogP contribution in [0.25, 0.3) is 0 Å². The summed E-state index contributed by atoms with van der Waals surface area (Å²) in [5, 5.41) is 13.4. The first-order valence-electron chi connectivity index (χ1n) is 8.10. The van der Waals surface area contributed by atoms with Crippen molar-refractivity contribution in [3.8, 4) is 5.75 Å². The normalized spacial score (nSPS) is 14.8. The van der Waals surface area contributed by atoms with Gasteiger partial charge < -0.3 is 20.1 Å². The Morgan fingerprint density at radius 2 is 2.13 bits per heavy atom. The molecule has 0 bridgehead atoms. The fourth-order valence-electron chi connectivity index (χ4n) is 2.70. The summed E-state index contributed by atoms with van der Waals surface area (Å²) in [4.78, 5) is 14.5. The number of nitrogens with one attached hydrogen (secondary N) is 1. The molecule has 1 heterocycles. The van der Waals surface area contributed by atoms with Crippen LogP contribution in [0.1, 0.15) is 34.3 Å². The van der Waals surface area contributed by atoms with Crippen LogP contribution in [-0.2, 0) is 11.3 Å². The quantitative estimate of drug-likeness (QED) is 0.437. The van der Waals surface area contributed by atoms with Crippen LogP contribution in [0.15, 0.2) is 24.4 Å². The van der Waals surface area contributed by atoms with Crippen molar-refractivity contribution in [2.45, 2.75) is 26.3 Å². The van der Waals surface area contributed by atoms with Crippen LogP contribution in [0.2, 0.25) is 0 Å².